The molecule has 4 heteroatoms. The van der Waals surface area contributed by atoms with E-state index < -0.39 is 0 Å². The average Bonchev–Trinajstić information content (AvgIpc) is 2.10. The fraction of sp³-hybridized carbons (Fsp3) is 0.300. The van der Waals surface area contributed by atoms with Crippen molar-refractivity contribution in [1.29, 1.82) is 0 Å². The van der Waals surface area contributed by atoms with Crippen LogP contribution in [-0.4, -0.2) is 12.5 Å². The van der Waals surface area contributed by atoms with Crippen LogP contribution in [0.25, 0.3) is 0 Å². The Morgan fingerprint density at radius 3 is 2.79 bits per heavy atom. The van der Waals surface area contributed by atoms with Crippen molar-refractivity contribution >= 4 is 17.3 Å². The van der Waals surface area contributed by atoms with Gasteiger partial charge in [0.05, 0.1) is 18.0 Å². The molecule has 0 heterocycles. The van der Waals surface area contributed by atoms with Gasteiger partial charge in [0.25, 0.3) is 0 Å². The number of nitrogens with two attached hydrogens (primary N) is 1. The van der Waals surface area contributed by atoms with Crippen LogP contribution in [0.2, 0.25) is 0 Å². The van der Waals surface area contributed by atoms with Crippen LogP contribution < -0.4 is 15.8 Å². The van der Waals surface area contributed by atoms with Crippen molar-refractivity contribution in [3.8, 4) is 5.75 Å². The standard InChI is InChI=1S/C10H14N2O2/c1-3-14-8-4-5-10(9(11)6-8)12-7(2)13/h4-6H,3,11H2,1-2H3,(H,12,13). The van der Waals surface area contributed by atoms with E-state index >= 15 is 0 Å². The minimum atomic E-state index is -0.138. The molecule has 0 saturated heterocycles. The van der Waals surface area contributed by atoms with Gasteiger partial charge in [-0.1, -0.05) is 0 Å². The molecule has 0 unspecified atom stereocenters. The average molecular weight is 194 g/mol. The quantitative estimate of drug-likeness (QED) is 0.719. The summed E-state index contributed by atoms with van der Waals surface area (Å²) in [5, 5.41) is 2.62. The van der Waals surface area contributed by atoms with E-state index in [1.54, 1.807) is 18.2 Å². The van der Waals surface area contributed by atoms with Crippen LogP contribution in [0.4, 0.5) is 11.4 Å². The van der Waals surface area contributed by atoms with Gasteiger partial charge in [-0.3, -0.25) is 4.79 Å². The number of carbonyl (C=O) groups is 1. The third kappa shape index (κ3) is 2.65. The predicted octanol–water partition coefficient (Wildman–Crippen LogP) is 1.63. The molecule has 1 aromatic carbocycles. The van der Waals surface area contributed by atoms with Crippen LogP contribution in [0.15, 0.2) is 18.2 Å². The number of amides is 1. The number of nitrogens with one attached hydrogen (secondary N) is 1. The summed E-state index contributed by atoms with van der Waals surface area (Å²) < 4.78 is 5.25. The van der Waals surface area contributed by atoms with E-state index in [0.29, 0.717) is 23.7 Å². The van der Waals surface area contributed by atoms with Crippen molar-refractivity contribution < 1.29 is 9.53 Å². The van der Waals surface area contributed by atoms with Crippen molar-refractivity contribution in [2.24, 2.45) is 0 Å². The largest absolute Gasteiger partial charge is 0.494 e. The monoisotopic (exact) mass is 194 g/mol. The van der Waals surface area contributed by atoms with Crippen molar-refractivity contribution in [2.75, 3.05) is 17.7 Å². The predicted molar refractivity (Wildman–Crippen MR) is 56.3 cm³/mol. The van der Waals surface area contributed by atoms with Crippen LogP contribution in [0.1, 0.15) is 13.8 Å². The van der Waals surface area contributed by atoms with Crippen LogP contribution in [0.5, 0.6) is 5.75 Å². The number of carbonyl (C=O) groups excluding carboxylic acids is 1. The highest BCUT2D eigenvalue weighted by atomic mass is 16.5. The summed E-state index contributed by atoms with van der Waals surface area (Å²) in [5.74, 6) is 0.569. The van der Waals surface area contributed by atoms with Gasteiger partial charge in [0.15, 0.2) is 0 Å². The minimum absolute atomic E-state index is 0.138. The molecule has 1 aromatic rings. The Morgan fingerprint density at radius 2 is 2.29 bits per heavy atom. The van der Waals surface area contributed by atoms with Crippen molar-refractivity contribution in [3.63, 3.8) is 0 Å². The lowest BCUT2D eigenvalue weighted by molar-refractivity contribution is -0.114. The van der Waals surface area contributed by atoms with E-state index in [-0.39, 0.29) is 5.91 Å². The summed E-state index contributed by atoms with van der Waals surface area (Å²) in [6.07, 6.45) is 0. The highest BCUT2D eigenvalue weighted by molar-refractivity contribution is 5.92. The molecular formula is C10H14N2O2. The molecule has 14 heavy (non-hydrogen) atoms. The molecule has 0 atom stereocenters. The van der Waals surface area contributed by atoms with Gasteiger partial charge in [0.2, 0.25) is 5.91 Å². The Hall–Kier alpha value is -1.71. The smallest absolute Gasteiger partial charge is 0.221 e. The van der Waals surface area contributed by atoms with E-state index in [1.165, 1.54) is 6.92 Å². The lowest BCUT2D eigenvalue weighted by Gasteiger charge is -2.08. The summed E-state index contributed by atoms with van der Waals surface area (Å²) in [6, 6.07) is 5.18. The minimum Gasteiger partial charge on any atom is -0.494 e. The van der Waals surface area contributed by atoms with E-state index in [9.17, 15) is 4.79 Å². The van der Waals surface area contributed by atoms with Gasteiger partial charge in [-0.15, -0.1) is 0 Å². The summed E-state index contributed by atoms with van der Waals surface area (Å²) in [5.41, 5.74) is 6.82. The first-order valence-electron chi connectivity index (χ1n) is 4.43. The molecule has 3 N–H and O–H groups in total. The number of hydrogen-bond acceptors (Lipinski definition) is 3. The molecule has 0 saturated carbocycles. The lowest BCUT2D eigenvalue weighted by Crippen LogP contribution is -2.08. The SMILES string of the molecule is CCOc1ccc(NC(C)=O)c(N)c1. The van der Waals surface area contributed by atoms with Crippen molar-refractivity contribution in [1.82, 2.24) is 0 Å². The number of rotatable bonds is 3. The van der Waals surface area contributed by atoms with E-state index in [4.69, 9.17) is 10.5 Å². The van der Waals surface area contributed by atoms with Gasteiger partial charge in [-0.2, -0.15) is 0 Å². The molecule has 0 radical (unpaired) electrons. The molecule has 0 aliphatic rings. The fourth-order valence-corrected chi connectivity index (χ4v) is 1.10. The Bertz CT molecular complexity index is 337. The maximum Gasteiger partial charge on any atom is 0.221 e. The molecule has 1 rings (SSSR count). The zero-order valence-corrected chi connectivity index (χ0v) is 8.33. The third-order valence-corrected chi connectivity index (χ3v) is 1.64. The van der Waals surface area contributed by atoms with Crippen LogP contribution in [-0.2, 0) is 4.79 Å². The number of hydrogen-bond donors (Lipinski definition) is 2. The maximum atomic E-state index is 10.8. The first kappa shape index (κ1) is 10.4. The summed E-state index contributed by atoms with van der Waals surface area (Å²) >= 11 is 0. The van der Waals surface area contributed by atoms with E-state index in [0.717, 1.165) is 0 Å². The van der Waals surface area contributed by atoms with Gasteiger partial charge >= 0.3 is 0 Å². The first-order valence-corrected chi connectivity index (χ1v) is 4.43. The molecule has 76 valence electrons. The molecule has 0 aromatic heterocycles. The molecule has 0 bridgehead atoms. The van der Waals surface area contributed by atoms with Gasteiger partial charge in [0.1, 0.15) is 5.75 Å². The van der Waals surface area contributed by atoms with Gasteiger partial charge < -0.3 is 15.8 Å². The molecule has 0 fully saturated rings. The molecular weight excluding hydrogens is 180 g/mol. The normalized spacial score (nSPS) is 9.57. The van der Waals surface area contributed by atoms with Crippen LogP contribution >= 0.6 is 0 Å². The number of ether oxygens (including phenoxy) is 1. The number of nitrogen functional groups attached to an aromatic ring is 1. The highest BCUT2D eigenvalue weighted by Crippen LogP contribution is 2.24. The first-order chi connectivity index (χ1) is 6.63. The molecule has 0 aliphatic carbocycles. The number of anilines is 2. The second-order valence-corrected chi connectivity index (χ2v) is 2.86. The van der Waals surface area contributed by atoms with Crippen molar-refractivity contribution in [3.05, 3.63) is 18.2 Å². The summed E-state index contributed by atoms with van der Waals surface area (Å²) in [6.45, 7) is 3.94. The zero-order valence-electron chi connectivity index (χ0n) is 8.33. The Balaban J connectivity index is 2.84. The molecule has 0 aliphatic heterocycles. The second kappa shape index (κ2) is 4.50. The maximum absolute atomic E-state index is 10.8. The Morgan fingerprint density at radius 1 is 1.57 bits per heavy atom. The fourth-order valence-electron chi connectivity index (χ4n) is 1.10. The van der Waals surface area contributed by atoms with Gasteiger partial charge in [0, 0.05) is 13.0 Å². The van der Waals surface area contributed by atoms with Crippen LogP contribution in [0, 0.1) is 0 Å². The third-order valence-electron chi connectivity index (χ3n) is 1.64. The van der Waals surface area contributed by atoms with Crippen molar-refractivity contribution in [2.45, 2.75) is 13.8 Å². The van der Waals surface area contributed by atoms with E-state index in [1.807, 2.05) is 6.92 Å². The van der Waals surface area contributed by atoms with E-state index in [2.05, 4.69) is 5.32 Å². The Kier molecular flexibility index (Phi) is 3.34. The second-order valence-electron chi connectivity index (χ2n) is 2.86. The van der Waals surface area contributed by atoms with Gasteiger partial charge in [-0.05, 0) is 19.1 Å². The summed E-state index contributed by atoms with van der Waals surface area (Å²) in [7, 11) is 0. The lowest BCUT2D eigenvalue weighted by atomic mass is 10.2. The highest BCUT2D eigenvalue weighted by Gasteiger charge is 2.02. The summed E-state index contributed by atoms with van der Waals surface area (Å²) in [4.78, 5) is 10.8. The Labute approximate surface area is 83.1 Å². The van der Waals surface area contributed by atoms with Gasteiger partial charge in [-0.25, -0.2) is 0 Å². The molecule has 1 amide bonds. The molecule has 4 nitrogen and oxygen atoms in total. The topological polar surface area (TPSA) is 64.3 Å². The van der Waals surface area contributed by atoms with Crippen LogP contribution in [0.3, 0.4) is 0 Å². The number of benzene rings is 1. The molecule has 0 spiro atoms. The zero-order chi connectivity index (χ0) is 10.6.